The third-order valence-electron chi connectivity index (χ3n) is 7.98. The molecule has 3 rings (SSSR count). The first-order valence-electron chi connectivity index (χ1n) is 10.1. The Morgan fingerprint density at radius 1 is 1.20 bits per heavy atom. The minimum Gasteiger partial charge on any atom is -0.392 e. The minimum atomic E-state index is -5.15. The zero-order valence-corrected chi connectivity index (χ0v) is 18.9. The molecule has 2 saturated carbocycles. The van der Waals surface area contributed by atoms with Crippen LogP contribution >= 0.6 is 7.82 Å². The molecule has 30 heavy (non-hydrogen) atoms. The second kappa shape index (κ2) is 6.68. The van der Waals surface area contributed by atoms with Crippen molar-refractivity contribution in [3.63, 3.8) is 0 Å². The average molecular weight is 448 g/mol. The lowest BCUT2D eigenvalue weighted by atomic mass is 9.40. The van der Waals surface area contributed by atoms with E-state index in [4.69, 9.17) is 9.26 Å². The summed E-state index contributed by atoms with van der Waals surface area (Å²) in [5.74, 6) is -1.57. The Bertz CT molecular complexity index is 808. The first-order chi connectivity index (χ1) is 13.4. The van der Waals surface area contributed by atoms with Gasteiger partial charge in [-0.2, -0.15) is 0 Å². The van der Waals surface area contributed by atoms with Crippen LogP contribution in [0.25, 0.3) is 0 Å². The third kappa shape index (κ3) is 2.94. The SMILES string of the molecule is C=C[C@@]1(C)CC(=O)[C@@]2(O)[C@](C)(O1)[C@@H](OP(=O)(O)O)[C@@H](O)C1C(C)(C)CC[C@H](O)[C@@]12C. The van der Waals surface area contributed by atoms with E-state index in [9.17, 15) is 34.5 Å². The van der Waals surface area contributed by atoms with Crippen LogP contribution in [-0.4, -0.2) is 66.0 Å². The number of hydrogen-bond donors (Lipinski definition) is 5. The van der Waals surface area contributed by atoms with Gasteiger partial charge in [-0.05, 0) is 32.1 Å². The maximum atomic E-state index is 13.5. The molecular weight excluding hydrogens is 415 g/mol. The normalized spacial score (nSPS) is 51.1. The Hall–Kier alpha value is -0.640. The third-order valence-corrected chi connectivity index (χ3v) is 8.48. The van der Waals surface area contributed by atoms with Crippen molar-refractivity contribution in [3.8, 4) is 0 Å². The highest BCUT2D eigenvalue weighted by atomic mass is 31.2. The fourth-order valence-electron chi connectivity index (χ4n) is 6.61. The van der Waals surface area contributed by atoms with Crippen molar-refractivity contribution in [2.75, 3.05) is 0 Å². The van der Waals surface area contributed by atoms with E-state index in [-0.39, 0.29) is 12.8 Å². The van der Waals surface area contributed by atoms with Crippen molar-refractivity contribution in [1.29, 1.82) is 0 Å². The summed E-state index contributed by atoms with van der Waals surface area (Å²) in [5.41, 5.74) is -7.97. The van der Waals surface area contributed by atoms with Crippen molar-refractivity contribution < 1.29 is 43.7 Å². The Labute approximate surface area is 176 Å². The molecule has 9 nitrogen and oxygen atoms in total. The van der Waals surface area contributed by atoms with E-state index in [1.54, 1.807) is 6.92 Å². The number of hydrogen-bond acceptors (Lipinski definition) is 7. The summed E-state index contributed by atoms with van der Waals surface area (Å²) in [6.45, 7) is 11.7. The number of Topliss-reactive ketones (excluding diaryl/α,β-unsaturated/α-hetero) is 1. The maximum Gasteiger partial charge on any atom is 0.470 e. The van der Waals surface area contributed by atoms with Crippen molar-refractivity contribution in [3.05, 3.63) is 12.7 Å². The molecule has 5 N–H and O–H groups in total. The highest BCUT2D eigenvalue weighted by Gasteiger charge is 2.81. The van der Waals surface area contributed by atoms with E-state index in [1.165, 1.54) is 19.9 Å². The van der Waals surface area contributed by atoms with Gasteiger partial charge >= 0.3 is 7.82 Å². The van der Waals surface area contributed by atoms with Crippen LogP contribution < -0.4 is 0 Å². The van der Waals surface area contributed by atoms with Gasteiger partial charge in [0.05, 0.1) is 17.8 Å². The predicted octanol–water partition coefficient (Wildman–Crippen LogP) is 1.07. The molecule has 172 valence electrons. The molecular formula is C20H33O9P. The standard InChI is InChI=1S/C20H33O9P/c1-7-17(4)10-12(22)20(24)18(5)11(21)8-9-16(2,3)14(18)13(23)15(19(20,6)29-17)28-30(25,26)27/h7,11,13-15,21,23-24H,1,8-10H2,2-6H3,(H2,25,26,27)/t11-,13-,14?,15-,17-,18-,19+,20-/m0/s1. The van der Waals surface area contributed by atoms with Gasteiger partial charge in [-0.15, -0.1) is 6.58 Å². The molecule has 0 radical (unpaired) electrons. The summed E-state index contributed by atoms with van der Waals surface area (Å²) < 4.78 is 22.9. The van der Waals surface area contributed by atoms with Crippen molar-refractivity contribution in [1.82, 2.24) is 0 Å². The number of fused-ring (bicyclic) bond motifs is 3. The number of carbonyl (C=O) groups is 1. The van der Waals surface area contributed by atoms with Crippen LogP contribution in [0.4, 0.5) is 0 Å². The molecule has 1 aliphatic heterocycles. The van der Waals surface area contributed by atoms with E-state index < -0.39 is 65.5 Å². The largest absolute Gasteiger partial charge is 0.470 e. The average Bonchev–Trinajstić information content (AvgIpc) is 2.59. The van der Waals surface area contributed by atoms with Gasteiger partial charge in [-0.3, -0.25) is 9.32 Å². The summed E-state index contributed by atoms with van der Waals surface area (Å²) >= 11 is 0. The number of carbonyl (C=O) groups excluding carboxylic acids is 1. The molecule has 1 heterocycles. The fraction of sp³-hybridized carbons (Fsp3) is 0.850. The fourth-order valence-corrected chi connectivity index (χ4v) is 7.23. The van der Waals surface area contributed by atoms with Crippen LogP contribution in [0.15, 0.2) is 12.7 Å². The highest BCUT2D eigenvalue weighted by Crippen LogP contribution is 2.68. The Balaban J connectivity index is 2.34. The van der Waals surface area contributed by atoms with E-state index in [0.29, 0.717) is 6.42 Å². The number of phosphoric acid groups is 1. The molecule has 10 heteroatoms. The van der Waals surface area contributed by atoms with Gasteiger partial charge in [-0.25, -0.2) is 4.57 Å². The predicted molar refractivity (Wildman–Crippen MR) is 106 cm³/mol. The highest BCUT2D eigenvalue weighted by molar-refractivity contribution is 7.46. The minimum absolute atomic E-state index is 0.253. The number of phosphoric ester groups is 1. The molecule has 3 aliphatic rings. The first kappa shape index (κ1) is 24.0. The molecule has 0 aromatic heterocycles. The van der Waals surface area contributed by atoms with Crippen molar-refractivity contribution in [2.45, 2.75) is 89.0 Å². The molecule has 2 aliphatic carbocycles. The van der Waals surface area contributed by atoms with Gasteiger partial charge in [0.2, 0.25) is 0 Å². The second-order valence-electron chi connectivity index (χ2n) is 10.3. The van der Waals surface area contributed by atoms with Gasteiger partial charge in [-0.1, -0.05) is 26.8 Å². The summed E-state index contributed by atoms with van der Waals surface area (Å²) in [6, 6.07) is 0. The van der Waals surface area contributed by atoms with E-state index >= 15 is 0 Å². The van der Waals surface area contributed by atoms with E-state index in [0.717, 1.165) is 0 Å². The molecule has 0 amide bonds. The molecule has 0 spiro atoms. The van der Waals surface area contributed by atoms with Crippen LogP contribution in [-0.2, 0) is 18.6 Å². The maximum absolute atomic E-state index is 13.5. The Morgan fingerprint density at radius 3 is 2.27 bits per heavy atom. The molecule has 0 aromatic rings. The number of aliphatic hydroxyl groups excluding tert-OH is 2. The Kier molecular flexibility index (Phi) is 5.35. The summed E-state index contributed by atoms with van der Waals surface area (Å²) in [4.78, 5) is 32.7. The lowest BCUT2D eigenvalue weighted by Crippen LogP contribution is -2.86. The van der Waals surface area contributed by atoms with Crippen LogP contribution in [0, 0.1) is 16.7 Å². The summed E-state index contributed by atoms with van der Waals surface area (Å²) in [6.07, 6.45) is -2.58. The lowest BCUT2D eigenvalue weighted by molar-refractivity contribution is -0.367. The summed E-state index contributed by atoms with van der Waals surface area (Å²) in [7, 11) is -5.15. The van der Waals surface area contributed by atoms with Gasteiger partial charge < -0.3 is 29.8 Å². The van der Waals surface area contributed by atoms with Gasteiger partial charge in [0.25, 0.3) is 0 Å². The number of aliphatic hydroxyl groups is 3. The summed E-state index contributed by atoms with van der Waals surface area (Å²) in [5, 5.41) is 34.5. The number of ether oxygens (including phenoxy) is 1. The molecule has 8 atom stereocenters. The van der Waals surface area contributed by atoms with E-state index in [2.05, 4.69) is 6.58 Å². The van der Waals surface area contributed by atoms with Crippen LogP contribution in [0.5, 0.6) is 0 Å². The van der Waals surface area contributed by atoms with Crippen LogP contribution in [0.1, 0.15) is 53.9 Å². The lowest BCUT2D eigenvalue weighted by Gasteiger charge is -2.71. The first-order valence-corrected chi connectivity index (χ1v) is 11.6. The van der Waals surface area contributed by atoms with E-state index in [1.807, 2.05) is 13.8 Å². The van der Waals surface area contributed by atoms with Crippen molar-refractivity contribution >= 4 is 13.6 Å². The zero-order chi connectivity index (χ0) is 23.1. The van der Waals surface area contributed by atoms with Gasteiger partial charge in [0.1, 0.15) is 11.7 Å². The number of ketones is 1. The molecule has 0 aromatic carbocycles. The quantitative estimate of drug-likeness (QED) is 0.315. The molecule has 1 saturated heterocycles. The van der Waals surface area contributed by atoms with Gasteiger partial charge in [0.15, 0.2) is 11.4 Å². The second-order valence-corrected chi connectivity index (χ2v) is 11.5. The molecule has 0 bridgehead atoms. The van der Waals surface area contributed by atoms with Gasteiger partial charge in [0, 0.05) is 17.8 Å². The topological polar surface area (TPSA) is 154 Å². The molecule has 1 unspecified atom stereocenters. The zero-order valence-electron chi connectivity index (χ0n) is 18.0. The Morgan fingerprint density at radius 2 is 1.77 bits per heavy atom. The smallest absolute Gasteiger partial charge is 0.392 e. The number of rotatable bonds is 3. The molecule has 3 fully saturated rings. The van der Waals surface area contributed by atoms with Crippen LogP contribution in [0.2, 0.25) is 0 Å². The monoisotopic (exact) mass is 448 g/mol. The van der Waals surface area contributed by atoms with Crippen molar-refractivity contribution in [2.24, 2.45) is 16.7 Å². The van der Waals surface area contributed by atoms with Crippen LogP contribution in [0.3, 0.4) is 0 Å².